The second-order valence-electron chi connectivity index (χ2n) is 5.12. The largest absolute Gasteiger partial charge is 0.298 e. The minimum absolute atomic E-state index is 0.000963. The molecule has 0 fully saturated rings. The van der Waals surface area contributed by atoms with Crippen molar-refractivity contribution in [2.75, 3.05) is 0 Å². The Morgan fingerprint density at radius 2 is 1.72 bits per heavy atom. The molecule has 0 atom stereocenters. The van der Waals surface area contributed by atoms with Gasteiger partial charge in [-0.1, -0.05) is 42.0 Å². The number of carbonyl (C=O) groups excluding carboxylic acids is 2. The summed E-state index contributed by atoms with van der Waals surface area (Å²) in [5.74, 6) is -0.771. The van der Waals surface area contributed by atoms with Crippen molar-refractivity contribution in [1.82, 2.24) is 16.2 Å². The van der Waals surface area contributed by atoms with E-state index in [1.165, 1.54) is 6.08 Å². The number of hydrazine groups is 1. The van der Waals surface area contributed by atoms with E-state index in [2.05, 4.69) is 32.1 Å². The third kappa shape index (κ3) is 6.13. The van der Waals surface area contributed by atoms with Crippen LogP contribution in [0.5, 0.6) is 0 Å². The van der Waals surface area contributed by atoms with Gasteiger partial charge in [-0.15, -0.1) is 0 Å². The number of hydrogen-bond acceptors (Lipinski definition) is 3. The maximum Gasteiger partial charge on any atom is 0.270 e. The van der Waals surface area contributed by atoms with Crippen LogP contribution in [0.1, 0.15) is 21.5 Å². The first kappa shape index (κ1) is 18.8. The number of rotatable bonds is 3. The van der Waals surface area contributed by atoms with Gasteiger partial charge in [0.25, 0.3) is 5.91 Å². The zero-order valence-corrected chi connectivity index (χ0v) is 15.8. The first-order chi connectivity index (χ1) is 12.0. The van der Waals surface area contributed by atoms with E-state index in [0.717, 1.165) is 11.1 Å². The van der Waals surface area contributed by atoms with Gasteiger partial charge in [-0.25, -0.2) is 0 Å². The molecule has 128 valence electrons. The van der Waals surface area contributed by atoms with E-state index in [0.29, 0.717) is 10.0 Å². The highest BCUT2D eigenvalue weighted by Crippen LogP contribution is 2.15. The van der Waals surface area contributed by atoms with Crippen molar-refractivity contribution in [2.24, 2.45) is 0 Å². The lowest BCUT2D eigenvalue weighted by Gasteiger charge is -2.10. The minimum Gasteiger partial charge on any atom is -0.298 e. The van der Waals surface area contributed by atoms with Gasteiger partial charge in [-0.3, -0.25) is 25.8 Å². The Morgan fingerprint density at radius 1 is 1.04 bits per heavy atom. The van der Waals surface area contributed by atoms with Crippen molar-refractivity contribution in [3.8, 4) is 0 Å². The topological polar surface area (TPSA) is 70.2 Å². The number of amides is 2. The molecule has 0 aliphatic heterocycles. The van der Waals surface area contributed by atoms with E-state index in [-0.39, 0.29) is 11.0 Å². The average Bonchev–Trinajstić information content (AvgIpc) is 2.59. The van der Waals surface area contributed by atoms with E-state index in [4.69, 9.17) is 12.2 Å². The monoisotopic (exact) mass is 417 g/mol. The van der Waals surface area contributed by atoms with Crippen molar-refractivity contribution in [3.63, 3.8) is 0 Å². The Hall–Kier alpha value is -2.51. The second kappa shape index (κ2) is 9.10. The van der Waals surface area contributed by atoms with E-state index < -0.39 is 5.91 Å². The molecule has 5 nitrogen and oxygen atoms in total. The van der Waals surface area contributed by atoms with E-state index in [1.807, 2.05) is 31.2 Å². The smallest absolute Gasteiger partial charge is 0.270 e. The Bertz CT molecular complexity index is 819. The van der Waals surface area contributed by atoms with Gasteiger partial charge in [-0.2, -0.15) is 0 Å². The molecule has 0 spiro atoms. The number of carbonyl (C=O) groups is 2. The maximum atomic E-state index is 12.0. The summed E-state index contributed by atoms with van der Waals surface area (Å²) in [5.41, 5.74) is 7.41. The molecule has 0 heterocycles. The van der Waals surface area contributed by atoms with Crippen LogP contribution in [0.4, 0.5) is 0 Å². The molecule has 0 aromatic heterocycles. The van der Waals surface area contributed by atoms with Crippen molar-refractivity contribution >= 4 is 51.2 Å². The molecule has 2 rings (SSSR count). The number of thiocarbonyl (C=S) groups is 1. The molecule has 0 radical (unpaired) electrons. The van der Waals surface area contributed by atoms with Crippen LogP contribution in [-0.2, 0) is 4.79 Å². The molecule has 0 saturated heterocycles. The zero-order valence-electron chi connectivity index (χ0n) is 13.4. The van der Waals surface area contributed by atoms with Gasteiger partial charge >= 0.3 is 0 Å². The predicted octanol–water partition coefficient (Wildman–Crippen LogP) is 3.11. The predicted molar refractivity (Wildman–Crippen MR) is 106 cm³/mol. The summed E-state index contributed by atoms with van der Waals surface area (Å²) in [4.78, 5) is 23.8. The van der Waals surface area contributed by atoms with E-state index >= 15 is 0 Å². The minimum atomic E-state index is -0.395. The Kier molecular flexibility index (Phi) is 6.85. The van der Waals surface area contributed by atoms with Gasteiger partial charge in [0.05, 0.1) is 5.56 Å². The molecule has 0 aliphatic rings. The lowest BCUT2D eigenvalue weighted by molar-refractivity contribution is -0.115. The van der Waals surface area contributed by atoms with Gasteiger partial charge in [0.15, 0.2) is 5.11 Å². The second-order valence-corrected chi connectivity index (χ2v) is 6.38. The molecule has 25 heavy (non-hydrogen) atoms. The van der Waals surface area contributed by atoms with Crippen LogP contribution in [-0.4, -0.2) is 16.9 Å². The highest BCUT2D eigenvalue weighted by Gasteiger charge is 2.09. The fraction of sp³-hybridized carbons (Fsp3) is 0.0556. The van der Waals surface area contributed by atoms with Crippen LogP contribution in [0.3, 0.4) is 0 Å². The van der Waals surface area contributed by atoms with E-state index in [1.54, 1.807) is 30.3 Å². The molecule has 7 heteroatoms. The number of nitrogens with one attached hydrogen (secondary N) is 3. The van der Waals surface area contributed by atoms with Crippen LogP contribution < -0.4 is 16.2 Å². The third-order valence-electron chi connectivity index (χ3n) is 3.15. The Balaban J connectivity index is 1.81. The zero-order chi connectivity index (χ0) is 18.2. The number of aryl methyl sites for hydroxylation is 1. The summed E-state index contributed by atoms with van der Waals surface area (Å²) in [5, 5.41) is 2.45. The molecule has 0 unspecified atom stereocenters. The lowest BCUT2D eigenvalue weighted by atomic mass is 10.1. The Labute approximate surface area is 159 Å². The lowest BCUT2D eigenvalue weighted by Crippen LogP contribution is -2.48. The molecular formula is C18H16BrN3O2S. The average molecular weight is 418 g/mol. The summed E-state index contributed by atoms with van der Waals surface area (Å²) >= 11 is 8.27. The number of hydrogen-bond donors (Lipinski definition) is 3. The van der Waals surface area contributed by atoms with Crippen LogP contribution in [0.15, 0.2) is 59.1 Å². The molecular weight excluding hydrogens is 402 g/mol. The van der Waals surface area contributed by atoms with Crippen LogP contribution in [0.2, 0.25) is 0 Å². The molecule has 0 saturated carbocycles. The molecule has 0 bridgehead atoms. The highest BCUT2D eigenvalue weighted by atomic mass is 79.9. The molecule has 2 amide bonds. The van der Waals surface area contributed by atoms with Gasteiger partial charge in [0.1, 0.15) is 0 Å². The maximum absolute atomic E-state index is 12.0. The SMILES string of the molecule is Cc1ccc(/C=C/C(=O)NC(=S)NNC(=O)c2ccccc2Br)cc1. The summed E-state index contributed by atoms with van der Waals surface area (Å²) in [6, 6.07) is 14.7. The van der Waals surface area contributed by atoms with Crippen LogP contribution in [0.25, 0.3) is 6.08 Å². The molecule has 2 aromatic rings. The summed E-state index contributed by atoms with van der Waals surface area (Å²) in [6.45, 7) is 1.99. The summed E-state index contributed by atoms with van der Waals surface area (Å²) in [6.07, 6.45) is 3.05. The molecule has 0 aliphatic carbocycles. The highest BCUT2D eigenvalue weighted by molar-refractivity contribution is 9.10. The third-order valence-corrected chi connectivity index (χ3v) is 4.04. The van der Waals surface area contributed by atoms with Gasteiger partial charge in [0.2, 0.25) is 5.91 Å². The molecule has 2 aromatic carbocycles. The summed E-state index contributed by atoms with van der Waals surface area (Å²) < 4.78 is 0.658. The fourth-order valence-corrected chi connectivity index (χ4v) is 2.48. The first-order valence-electron chi connectivity index (χ1n) is 7.36. The van der Waals surface area contributed by atoms with Gasteiger partial charge < -0.3 is 0 Å². The fourth-order valence-electron chi connectivity index (χ4n) is 1.86. The van der Waals surface area contributed by atoms with Crippen molar-refractivity contribution in [1.29, 1.82) is 0 Å². The Morgan fingerprint density at radius 3 is 2.40 bits per heavy atom. The standard InChI is InChI=1S/C18H16BrN3O2S/c1-12-6-8-13(9-7-12)10-11-16(23)20-18(25)22-21-17(24)14-4-2-3-5-15(14)19/h2-11H,1H3,(H,21,24)(H2,20,22,23,25)/b11-10+. The van der Waals surface area contributed by atoms with Crippen LogP contribution >= 0.6 is 28.1 Å². The normalized spacial score (nSPS) is 10.3. The molecule has 3 N–H and O–H groups in total. The van der Waals surface area contributed by atoms with Crippen molar-refractivity contribution < 1.29 is 9.59 Å². The van der Waals surface area contributed by atoms with Crippen molar-refractivity contribution in [3.05, 3.63) is 75.8 Å². The summed E-state index contributed by atoms with van der Waals surface area (Å²) in [7, 11) is 0. The van der Waals surface area contributed by atoms with Gasteiger partial charge in [0, 0.05) is 10.5 Å². The van der Waals surface area contributed by atoms with Crippen LogP contribution in [0, 0.1) is 6.92 Å². The van der Waals surface area contributed by atoms with E-state index in [9.17, 15) is 9.59 Å². The first-order valence-corrected chi connectivity index (χ1v) is 8.56. The van der Waals surface area contributed by atoms with Crippen molar-refractivity contribution in [2.45, 2.75) is 6.92 Å². The number of benzene rings is 2. The quantitative estimate of drug-likeness (QED) is 0.407. The number of halogens is 1. The van der Waals surface area contributed by atoms with Gasteiger partial charge in [-0.05, 0) is 58.8 Å².